The molecule has 1 aromatic rings. The second-order valence-electron chi connectivity index (χ2n) is 6.56. The van der Waals surface area contributed by atoms with Gasteiger partial charge in [0, 0.05) is 44.3 Å². The second kappa shape index (κ2) is 7.63. The van der Waals surface area contributed by atoms with E-state index in [2.05, 4.69) is 10.2 Å². The first kappa shape index (κ1) is 17.4. The zero-order chi connectivity index (χ0) is 17.0. The molecule has 2 aliphatic heterocycles. The van der Waals surface area contributed by atoms with E-state index in [0.717, 1.165) is 31.7 Å². The van der Waals surface area contributed by atoms with E-state index in [-0.39, 0.29) is 17.4 Å². The molecule has 24 heavy (non-hydrogen) atoms. The summed E-state index contributed by atoms with van der Waals surface area (Å²) < 4.78 is 28.2. The lowest BCUT2D eigenvalue weighted by Gasteiger charge is -2.26. The molecule has 1 amide bonds. The highest BCUT2D eigenvalue weighted by Gasteiger charge is 2.21. The Kier molecular flexibility index (Phi) is 5.53. The topological polar surface area (TPSA) is 75.7 Å². The zero-order valence-corrected chi connectivity index (χ0v) is 14.6. The Morgan fingerprint density at radius 2 is 1.92 bits per heavy atom. The number of carbonyl (C=O) groups excluding carboxylic acids is 1. The molecule has 2 aliphatic rings. The van der Waals surface area contributed by atoms with Gasteiger partial charge in [0.1, 0.15) is 0 Å². The number of rotatable bonds is 5. The minimum absolute atomic E-state index is 0.0579. The van der Waals surface area contributed by atoms with Crippen molar-refractivity contribution in [2.24, 2.45) is 5.92 Å². The molecule has 1 aromatic carbocycles. The molecule has 0 unspecified atom stereocenters. The lowest BCUT2D eigenvalue weighted by Crippen LogP contribution is -2.39. The van der Waals surface area contributed by atoms with Crippen LogP contribution in [0.15, 0.2) is 24.3 Å². The Morgan fingerprint density at radius 1 is 1.21 bits per heavy atom. The van der Waals surface area contributed by atoms with Crippen LogP contribution in [0.3, 0.4) is 0 Å². The van der Waals surface area contributed by atoms with Crippen LogP contribution in [0.25, 0.3) is 0 Å². The number of nitrogens with zero attached hydrogens (tertiary/aromatic N) is 1. The maximum atomic E-state index is 12.1. The number of hydrogen-bond donors (Lipinski definition) is 1. The summed E-state index contributed by atoms with van der Waals surface area (Å²) in [6, 6.07) is 7.54. The Bertz CT molecular complexity index is 652. The van der Waals surface area contributed by atoms with Gasteiger partial charge in [-0.3, -0.25) is 9.69 Å². The van der Waals surface area contributed by atoms with Gasteiger partial charge in [-0.2, -0.15) is 0 Å². The first-order chi connectivity index (χ1) is 11.5. The molecule has 0 saturated carbocycles. The minimum Gasteiger partial charge on any atom is -0.381 e. The maximum absolute atomic E-state index is 12.1. The largest absolute Gasteiger partial charge is 0.381 e. The maximum Gasteiger partial charge on any atom is 0.251 e. The van der Waals surface area contributed by atoms with E-state index < -0.39 is 9.84 Å². The molecule has 2 fully saturated rings. The summed E-state index contributed by atoms with van der Waals surface area (Å²) in [6.07, 6.45) is 1.00. The average molecular weight is 352 g/mol. The normalized spacial score (nSPS) is 23.9. The summed E-state index contributed by atoms with van der Waals surface area (Å²) in [6.45, 7) is 4.04. The smallest absolute Gasteiger partial charge is 0.251 e. The minimum atomic E-state index is -2.84. The standard InChI is InChI=1S/C17H24N2O4S/c20-17(18-11-15-5-8-23-13-15)16-3-1-14(2-4-16)12-19-6-9-24(21,22)10-7-19/h1-4,15H,5-13H2,(H,18,20)/t15-/m0/s1. The fourth-order valence-electron chi connectivity index (χ4n) is 3.01. The number of sulfone groups is 1. The predicted molar refractivity (Wildman–Crippen MR) is 91.6 cm³/mol. The number of ether oxygens (including phenoxy) is 1. The number of benzene rings is 1. The van der Waals surface area contributed by atoms with Gasteiger partial charge in [0.25, 0.3) is 5.91 Å². The van der Waals surface area contributed by atoms with E-state index in [9.17, 15) is 13.2 Å². The van der Waals surface area contributed by atoms with Crippen molar-refractivity contribution < 1.29 is 17.9 Å². The van der Waals surface area contributed by atoms with Crippen molar-refractivity contribution in [2.75, 3.05) is 44.4 Å². The zero-order valence-electron chi connectivity index (χ0n) is 13.7. The van der Waals surface area contributed by atoms with E-state index in [0.29, 0.717) is 31.1 Å². The molecule has 0 spiro atoms. The number of nitrogens with one attached hydrogen (secondary N) is 1. The van der Waals surface area contributed by atoms with Crippen LogP contribution >= 0.6 is 0 Å². The van der Waals surface area contributed by atoms with Gasteiger partial charge in [-0.05, 0) is 24.1 Å². The fraction of sp³-hybridized carbons (Fsp3) is 0.588. The van der Waals surface area contributed by atoms with Crippen molar-refractivity contribution in [1.82, 2.24) is 10.2 Å². The SMILES string of the molecule is O=C(NC[C@@H]1CCOC1)c1ccc(CN2CCS(=O)(=O)CC2)cc1. The van der Waals surface area contributed by atoms with E-state index in [1.807, 2.05) is 24.3 Å². The van der Waals surface area contributed by atoms with E-state index in [1.54, 1.807) is 0 Å². The molecule has 132 valence electrons. The fourth-order valence-corrected chi connectivity index (χ4v) is 4.29. The summed E-state index contributed by atoms with van der Waals surface area (Å²) in [5, 5.41) is 2.95. The van der Waals surface area contributed by atoms with Gasteiger partial charge in [0.15, 0.2) is 9.84 Å². The van der Waals surface area contributed by atoms with Crippen molar-refractivity contribution in [3.05, 3.63) is 35.4 Å². The molecule has 7 heteroatoms. The van der Waals surface area contributed by atoms with Gasteiger partial charge in [-0.25, -0.2) is 8.42 Å². The molecule has 0 radical (unpaired) electrons. The number of hydrogen-bond acceptors (Lipinski definition) is 5. The van der Waals surface area contributed by atoms with E-state index >= 15 is 0 Å². The third-order valence-electron chi connectivity index (χ3n) is 4.63. The van der Waals surface area contributed by atoms with Gasteiger partial charge in [-0.1, -0.05) is 12.1 Å². The van der Waals surface area contributed by atoms with Crippen LogP contribution in [-0.4, -0.2) is 63.6 Å². The third-order valence-corrected chi connectivity index (χ3v) is 6.24. The lowest BCUT2D eigenvalue weighted by atomic mass is 10.1. The second-order valence-corrected chi connectivity index (χ2v) is 8.87. The molecule has 0 aromatic heterocycles. The molecule has 2 heterocycles. The first-order valence-electron chi connectivity index (χ1n) is 8.39. The molecule has 3 rings (SSSR count). The van der Waals surface area contributed by atoms with E-state index in [4.69, 9.17) is 4.74 Å². The highest BCUT2D eigenvalue weighted by atomic mass is 32.2. The van der Waals surface area contributed by atoms with E-state index in [1.165, 1.54) is 0 Å². The van der Waals surface area contributed by atoms with Crippen molar-refractivity contribution in [3.8, 4) is 0 Å². The van der Waals surface area contributed by atoms with Gasteiger partial charge < -0.3 is 10.1 Å². The molecule has 1 atom stereocenters. The predicted octanol–water partition coefficient (Wildman–Crippen LogP) is 0.683. The highest BCUT2D eigenvalue weighted by Crippen LogP contribution is 2.13. The third kappa shape index (κ3) is 4.78. The number of amides is 1. The van der Waals surface area contributed by atoms with Crippen molar-refractivity contribution in [3.63, 3.8) is 0 Å². The number of carbonyl (C=O) groups is 1. The van der Waals surface area contributed by atoms with Gasteiger partial charge in [0.2, 0.25) is 0 Å². The highest BCUT2D eigenvalue weighted by molar-refractivity contribution is 7.91. The quantitative estimate of drug-likeness (QED) is 0.844. The summed E-state index contributed by atoms with van der Waals surface area (Å²) in [5.74, 6) is 0.831. The van der Waals surface area contributed by atoms with Crippen molar-refractivity contribution >= 4 is 15.7 Å². The lowest BCUT2D eigenvalue weighted by molar-refractivity contribution is 0.0945. The van der Waals surface area contributed by atoms with Crippen LogP contribution in [0.2, 0.25) is 0 Å². The Hall–Kier alpha value is -1.44. The van der Waals surface area contributed by atoms with Crippen LogP contribution in [0.1, 0.15) is 22.3 Å². The van der Waals surface area contributed by atoms with Gasteiger partial charge in [-0.15, -0.1) is 0 Å². The van der Waals surface area contributed by atoms with Crippen LogP contribution in [0.5, 0.6) is 0 Å². The Morgan fingerprint density at radius 3 is 2.54 bits per heavy atom. The summed E-state index contributed by atoms with van der Waals surface area (Å²) in [7, 11) is -2.84. The molecular weight excluding hydrogens is 328 g/mol. The molecule has 0 aliphatic carbocycles. The van der Waals surface area contributed by atoms with Crippen LogP contribution in [-0.2, 0) is 21.1 Å². The summed E-state index contributed by atoms with van der Waals surface area (Å²) in [5.41, 5.74) is 1.74. The molecule has 6 nitrogen and oxygen atoms in total. The molecule has 1 N–H and O–H groups in total. The van der Waals surface area contributed by atoms with Crippen molar-refractivity contribution in [2.45, 2.75) is 13.0 Å². The van der Waals surface area contributed by atoms with Gasteiger partial charge >= 0.3 is 0 Å². The van der Waals surface area contributed by atoms with Crippen LogP contribution in [0.4, 0.5) is 0 Å². The molecule has 0 bridgehead atoms. The summed E-state index contributed by atoms with van der Waals surface area (Å²) in [4.78, 5) is 14.3. The average Bonchev–Trinajstić information content (AvgIpc) is 3.09. The first-order valence-corrected chi connectivity index (χ1v) is 10.2. The van der Waals surface area contributed by atoms with Crippen LogP contribution in [0, 0.1) is 5.92 Å². The monoisotopic (exact) mass is 352 g/mol. The van der Waals surface area contributed by atoms with Crippen LogP contribution < -0.4 is 5.32 Å². The molecule has 2 saturated heterocycles. The summed E-state index contributed by atoms with van der Waals surface area (Å²) >= 11 is 0. The molecular formula is C17H24N2O4S. The Labute approximate surface area is 143 Å². The Balaban J connectivity index is 1.48. The van der Waals surface area contributed by atoms with Crippen molar-refractivity contribution in [1.29, 1.82) is 0 Å². The van der Waals surface area contributed by atoms with Gasteiger partial charge in [0.05, 0.1) is 18.1 Å².